The number of nitrogens with one attached hydrogen (secondary N) is 1. The predicted octanol–water partition coefficient (Wildman–Crippen LogP) is 2.67. The van der Waals surface area contributed by atoms with Crippen LogP contribution in [0.2, 0.25) is 0 Å². The monoisotopic (exact) mass is 374 g/mol. The Morgan fingerprint density at radius 2 is 2.07 bits per heavy atom. The van der Waals surface area contributed by atoms with Gasteiger partial charge in [-0.1, -0.05) is 18.6 Å². The van der Waals surface area contributed by atoms with Gasteiger partial charge in [0.1, 0.15) is 0 Å². The van der Waals surface area contributed by atoms with Gasteiger partial charge in [0.15, 0.2) is 17.5 Å². The SMILES string of the molecule is CCNC(=NCc1cccc(OC)c1O)N1CCC(CN2CCCCC2)C1. The minimum absolute atomic E-state index is 0.184. The van der Waals surface area contributed by atoms with E-state index < -0.39 is 0 Å². The molecule has 2 saturated heterocycles. The molecule has 27 heavy (non-hydrogen) atoms. The second-order valence-corrected chi connectivity index (χ2v) is 7.60. The Kier molecular flexibility index (Phi) is 7.21. The average molecular weight is 375 g/mol. The smallest absolute Gasteiger partial charge is 0.194 e. The lowest BCUT2D eigenvalue weighted by molar-refractivity contribution is 0.198. The van der Waals surface area contributed by atoms with Gasteiger partial charge in [-0.2, -0.15) is 0 Å². The van der Waals surface area contributed by atoms with Gasteiger partial charge in [0.25, 0.3) is 0 Å². The number of rotatable bonds is 6. The molecule has 6 heteroatoms. The molecule has 0 aliphatic carbocycles. The maximum atomic E-state index is 10.3. The molecule has 1 aromatic rings. The van der Waals surface area contributed by atoms with E-state index >= 15 is 0 Å². The van der Waals surface area contributed by atoms with Crippen molar-refractivity contribution in [3.05, 3.63) is 23.8 Å². The second kappa shape index (κ2) is 9.83. The lowest BCUT2D eigenvalue weighted by Gasteiger charge is -2.29. The lowest BCUT2D eigenvalue weighted by Crippen LogP contribution is -2.41. The van der Waals surface area contributed by atoms with Gasteiger partial charge in [-0.25, -0.2) is 4.99 Å². The normalized spacial score (nSPS) is 21.5. The summed E-state index contributed by atoms with van der Waals surface area (Å²) in [5.41, 5.74) is 0.786. The van der Waals surface area contributed by atoms with Crippen molar-refractivity contribution in [3.63, 3.8) is 0 Å². The number of hydrogen-bond acceptors (Lipinski definition) is 4. The molecule has 3 rings (SSSR count). The molecular weight excluding hydrogens is 340 g/mol. The number of phenols is 1. The fourth-order valence-electron chi connectivity index (χ4n) is 4.13. The molecule has 2 aliphatic heterocycles. The van der Waals surface area contributed by atoms with Crippen LogP contribution in [0.3, 0.4) is 0 Å². The van der Waals surface area contributed by atoms with E-state index in [1.807, 2.05) is 12.1 Å². The summed E-state index contributed by atoms with van der Waals surface area (Å²) in [6.07, 6.45) is 5.32. The summed E-state index contributed by atoms with van der Waals surface area (Å²) in [6.45, 7) is 9.24. The third kappa shape index (κ3) is 5.28. The number of phenolic OH excluding ortho intramolecular Hbond substituents is 1. The van der Waals surface area contributed by atoms with Crippen molar-refractivity contribution < 1.29 is 9.84 Å². The van der Waals surface area contributed by atoms with Gasteiger partial charge in [-0.05, 0) is 51.3 Å². The number of aliphatic imine (C=N–C) groups is 1. The van der Waals surface area contributed by atoms with Crippen LogP contribution in [0.4, 0.5) is 0 Å². The van der Waals surface area contributed by atoms with Crippen LogP contribution in [-0.4, -0.2) is 67.2 Å². The molecule has 1 aromatic carbocycles. The van der Waals surface area contributed by atoms with Gasteiger partial charge >= 0.3 is 0 Å². The number of hydrogen-bond donors (Lipinski definition) is 2. The average Bonchev–Trinajstić information content (AvgIpc) is 3.15. The Balaban J connectivity index is 1.60. The number of aromatic hydroxyl groups is 1. The minimum atomic E-state index is 0.184. The number of ether oxygens (including phenoxy) is 1. The van der Waals surface area contributed by atoms with Gasteiger partial charge in [0.05, 0.1) is 13.7 Å². The van der Waals surface area contributed by atoms with Crippen molar-refractivity contribution in [3.8, 4) is 11.5 Å². The summed E-state index contributed by atoms with van der Waals surface area (Å²) in [4.78, 5) is 9.79. The molecule has 1 unspecified atom stereocenters. The molecule has 0 saturated carbocycles. The largest absolute Gasteiger partial charge is 0.504 e. The number of guanidine groups is 1. The topological polar surface area (TPSA) is 60.3 Å². The lowest BCUT2D eigenvalue weighted by atomic mass is 10.1. The molecule has 2 aliphatic rings. The maximum Gasteiger partial charge on any atom is 0.194 e. The molecule has 0 radical (unpaired) electrons. The van der Waals surface area contributed by atoms with Crippen molar-refractivity contribution >= 4 is 5.96 Å². The molecule has 1 atom stereocenters. The molecule has 2 fully saturated rings. The molecule has 2 N–H and O–H groups in total. The summed E-state index contributed by atoms with van der Waals surface area (Å²) >= 11 is 0. The third-order valence-electron chi connectivity index (χ3n) is 5.59. The van der Waals surface area contributed by atoms with E-state index in [1.165, 1.54) is 45.3 Å². The highest BCUT2D eigenvalue weighted by atomic mass is 16.5. The van der Waals surface area contributed by atoms with Crippen LogP contribution in [0.25, 0.3) is 0 Å². The Morgan fingerprint density at radius 1 is 1.26 bits per heavy atom. The predicted molar refractivity (Wildman–Crippen MR) is 109 cm³/mol. The number of nitrogens with zero attached hydrogens (tertiary/aromatic N) is 3. The van der Waals surface area contributed by atoms with E-state index in [2.05, 4.69) is 22.0 Å². The van der Waals surface area contributed by atoms with Crippen LogP contribution in [0, 0.1) is 5.92 Å². The summed E-state index contributed by atoms with van der Waals surface area (Å²) in [6, 6.07) is 5.55. The molecule has 0 bridgehead atoms. The molecular formula is C21H34N4O2. The van der Waals surface area contributed by atoms with Gasteiger partial charge in [0.2, 0.25) is 0 Å². The minimum Gasteiger partial charge on any atom is -0.504 e. The highest BCUT2D eigenvalue weighted by molar-refractivity contribution is 5.80. The first-order valence-corrected chi connectivity index (χ1v) is 10.3. The molecule has 0 amide bonds. The van der Waals surface area contributed by atoms with E-state index in [0.29, 0.717) is 12.3 Å². The Hall–Kier alpha value is -1.95. The van der Waals surface area contributed by atoms with Crippen molar-refractivity contribution in [2.24, 2.45) is 10.9 Å². The molecule has 150 valence electrons. The Morgan fingerprint density at radius 3 is 2.81 bits per heavy atom. The van der Waals surface area contributed by atoms with Crippen molar-refractivity contribution in [2.45, 2.75) is 39.2 Å². The fraction of sp³-hybridized carbons (Fsp3) is 0.667. The van der Waals surface area contributed by atoms with Crippen molar-refractivity contribution in [1.29, 1.82) is 0 Å². The number of likely N-dealkylation sites (tertiary alicyclic amines) is 2. The Labute approximate surface area is 163 Å². The molecule has 2 heterocycles. The first kappa shape index (κ1) is 19.8. The standard InChI is InChI=1S/C21H34N4O2/c1-3-22-21(23-14-18-8-7-9-19(27-2)20(18)26)25-13-10-17(16-25)15-24-11-5-4-6-12-24/h7-9,17,26H,3-6,10-16H2,1-2H3,(H,22,23). The quantitative estimate of drug-likeness (QED) is 0.592. The first-order valence-electron chi connectivity index (χ1n) is 10.3. The van der Waals surface area contributed by atoms with Gasteiger partial charge < -0.3 is 25.0 Å². The number of para-hydroxylation sites is 1. The van der Waals surface area contributed by atoms with E-state index in [-0.39, 0.29) is 5.75 Å². The molecule has 0 spiro atoms. The van der Waals surface area contributed by atoms with Crippen LogP contribution < -0.4 is 10.1 Å². The van der Waals surface area contributed by atoms with Crippen molar-refractivity contribution in [2.75, 3.05) is 46.4 Å². The fourth-order valence-corrected chi connectivity index (χ4v) is 4.13. The summed E-state index contributed by atoms with van der Waals surface area (Å²) < 4.78 is 5.20. The highest BCUT2D eigenvalue weighted by Gasteiger charge is 2.27. The highest BCUT2D eigenvalue weighted by Crippen LogP contribution is 2.30. The van der Waals surface area contributed by atoms with Crippen LogP contribution in [0.5, 0.6) is 11.5 Å². The summed E-state index contributed by atoms with van der Waals surface area (Å²) in [5, 5.41) is 13.7. The van der Waals surface area contributed by atoms with Gasteiger partial charge in [0, 0.05) is 31.7 Å². The number of piperidine rings is 1. The third-order valence-corrected chi connectivity index (χ3v) is 5.59. The van der Waals surface area contributed by atoms with E-state index in [1.54, 1.807) is 13.2 Å². The number of methoxy groups -OCH3 is 1. The van der Waals surface area contributed by atoms with Gasteiger partial charge in [-0.15, -0.1) is 0 Å². The van der Waals surface area contributed by atoms with Crippen LogP contribution in [-0.2, 0) is 6.54 Å². The zero-order valence-electron chi connectivity index (χ0n) is 16.8. The maximum absolute atomic E-state index is 10.3. The van der Waals surface area contributed by atoms with Crippen LogP contribution >= 0.6 is 0 Å². The number of benzene rings is 1. The first-order chi connectivity index (χ1) is 13.2. The second-order valence-electron chi connectivity index (χ2n) is 7.60. The van der Waals surface area contributed by atoms with Crippen molar-refractivity contribution in [1.82, 2.24) is 15.1 Å². The summed E-state index contributed by atoms with van der Waals surface area (Å²) in [7, 11) is 1.57. The molecule has 6 nitrogen and oxygen atoms in total. The van der Waals surface area contributed by atoms with E-state index in [9.17, 15) is 5.11 Å². The Bertz CT molecular complexity index is 629. The van der Waals surface area contributed by atoms with Crippen LogP contribution in [0.1, 0.15) is 38.2 Å². The van der Waals surface area contributed by atoms with E-state index in [0.717, 1.165) is 37.1 Å². The molecule has 0 aromatic heterocycles. The van der Waals surface area contributed by atoms with Crippen LogP contribution in [0.15, 0.2) is 23.2 Å². The van der Waals surface area contributed by atoms with Gasteiger partial charge in [-0.3, -0.25) is 0 Å². The summed E-state index contributed by atoms with van der Waals surface area (Å²) in [5.74, 6) is 2.34. The van der Waals surface area contributed by atoms with E-state index in [4.69, 9.17) is 9.73 Å². The zero-order valence-corrected chi connectivity index (χ0v) is 16.8. The zero-order chi connectivity index (χ0) is 19.1.